The molecular formula is C16H20BrN. The molecule has 0 radical (unpaired) electrons. The molecule has 0 amide bonds. The zero-order valence-corrected chi connectivity index (χ0v) is 12.6. The van der Waals surface area contributed by atoms with Crippen LogP contribution in [-0.4, -0.2) is 7.05 Å². The number of benzene rings is 2. The van der Waals surface area contributed by atoms with Gasteiger partial charge in [0.2, 0.25) is 0 Å². The predicted octanol–water partition coefficient (Wildman–Crippen LogP) is 5.05. The van der Waals surface area contributed by atoms with Crippen molar-refractivity contribution in [1.82, 2.24) is 5.32 Å². The van der Waals surface area contributed by atoms with Gasteiger partial charge in [0.25, 0.3) is 0 Å². The molecule has 1 N–H and O–H groups in total. The molecule has 0 aliphatic heterocycles. The van der Waals surface area contributed by atoms with Crippen molar-refractivity contribution in [3.63, 3.8) is 0 Å². The summed E-state index contributed by atoms with van der Waals surface area (Å²) in [6, 6.07) is 13.4. The second-order valence-corrected chi connectivity index (χ2v) is 5.52. The number of hydrogen-bond acceptors (Lipinski definition) is 1. The Hall–Kier alpha value is -0.860. The Morgan fingerprint density at radius 2 is 1.83 bits per heavy atom. The third-order valence-electron chi connectivity index (χ3n) is 3.47. The molecule has 2 rings (SSSR count). The lowest BCUT2D eigenvalue weighted by molar-refractivity contribution is 0.526. The van der Waals surface area contributed by atoms with Crippen molar-refractivity contribution in [2.75, 3.05) is 7.05 Å². The minimum Gasteiger partial charge on any atom is -0.313 e. The maximum absolute atomic E-state index is 3.63. The van der Waals surface area contributed by atoms with Crippen LogP contribution in [0.1, 0.15) is 37.8 Å². The minimum atomic E-state index is 0.447. The fraction of sp³-hybridized carbons (Fsp3) is 0.375. The summed E-state index contributed by atoms with van der Waals surface area (Å²) in [4.78, 5) is 0. The average Bonchev–Trinajstić information content (AvgIpc) is 2.42. The van der Waals surface area contributed by atoms with Crippen LogP contribution in [0.5, 0.6) is 0 Å². The van der Waals surface area contributed by atoms with E-state index >= 15 is 0 Å². The molecule has 1 nitrogen and oxygen atoms in total. The van der Waals surface area contributed by atoms with Gasteiger partial charge in [0.1, 0.15) is 0 Å². The zero-order chi connectivity index (χ0) is 13.0. The van der Waals surface area contributed by atoms with E-state index in [4.69, 9.17) is 0 Å². The topological polar surface area (TPSA) is 12.0 Å². The van der Waals surface area contributed by atoms with Crippen molar-refractivity contribution in [2.24, 2.45) is 0 Å². The van der Waals surface area contributed by atoms with E-state index in [9.17, 15) is 0 Å². The number of unbranched alkanes of at least 4 members (excludes halogenated alkanes) is 1. The van der Waals surface area contributed by atoms with Gasteiger partial charge in [-0.3, -0.25) is 0 Å². The fourth-order valence-electron chi connectivity index (χ4n) is 2.45. The number of hydrogen-bond donors (Lipinski definition) is 1. The van der Waals surface area contributed by atoms with Crippen molar-refractivity contribution in [1.29, 1.82) is 0 Å². The van der Waals surface area contributed by atoms with Gasteiger partial charge < -0.3 is 5.32 Å². The third-order valence-corrected chi connectivity index (χ3v) is 4.17. The lowest BCUT2D eigenvalue weighted by Crippen LogP contribution is -2.16. The lowest BCUT2D eigenvalue weighted by atomic mass is 9.95. The highest BCUT2D eigenvalue weighted by Gasteiger charge is 2.12. The summed E-state index contributed by atoms with van der Waals surface area (Å²) < 4.78 is 1.17. The summed E-state index contributed by atoms with van der Waals surface area (Å²) in [6.45, 7) is 2.24. The molecule has 0 aliphatic carbocycles. The van der Waals surface area contributed by atoms with Crippen molar-refractivity contribution in [2.45, 2.75) is 32.2 Å². The van der Waals surface area contributed by atoms with Gasteiger partial charge in [-0.05, 0) is 35.9 Å². The zero-order valence-electron chi connectivity index (χ0n) is 11.0. The molecule has 2 aromatic carbocycles. The van der Waals surface area contributed by atoms with Crippen LogP contribution in [0.25, 0.3) is 10.8 Å². The highest BCUT2D eigenvalue weighted by molar-refractivity contribution is 9.10. The summed E-state index contributed by atoms with van der Waals surface area (Å²) >= 11 is 3.63. The van der Waals surface area contributed by atoms with E-state index in [2.05, 4.69) is 71.6 Å². The molecule has 18 heavy (non-hydrogen) atoms. The second-order valence-electron chi connectivity index (χ2n) is 4.67. The van der Waals surface area contributed by atoms with Crippen molar-refractivity contribution in [3.8, 4) is 0 Å². The molecule has 0 aromatic heterocycles. The van der Waals surface area contributed by atoms with Crippen LogP contribution < -0.4 is 5.32 Å². The van der Waals surface area contributed by atoms with Crippen molar-refractivity contribution >= 4 is 26.7 Å². The molecule has 2 aromatic rings. The van der Waals surface area contributed by atoms with Crippen LogP contribution in [-0.2, 0) is 0 Å². The first-order chi connectivity index (χ1) is 8.77. The van der Waals surface area contributed by atoms with Gasteiger partial charge in [0, 0.05) is 10.5 Å². The van der Waals surface area contributed by atoms with E-state index in [0.29, 0.717) is 6.04 Å². The van der Waals surface area contributed by atoms with Crippen LogP contribution in [0, 0.1) is 0 Å². The molecule has 96 valence electrons. The van der Waals surface area contributed by atoms with Crippen LogP contribution in [0.3, 0.4) is 0 Å². The highest BCUT2D eigenvalue weighted by atomic mass is 79.9. The van der Waals surface area contributed by atoms with E-state index < -0.39 is 0 Å². The SMILES string of the molecule is CCCCC(NC)c1ccc(Br)c2ccccc12. The molecule has 0 heterocycles. The third kappa shape index (κ3) is 2.76. The van der Waals surface area contributed by atoms with Crippen LogP contribution in [0.4, 0.5) is 0 Å². The van der Waals surface area contributed by atoms with Gasteiger partial charge in [-0.2, -0.15) is 0 Å². The quantitative estimate of drug-likeness (QED) is 0.815. The highest BCUT2D eigenvalue weighted by Crippen LogP contribution is 2.31. The summed E-state index contributed by atoms with van der Waals surface area (Å²) in [7, 11) is 2.05. The first-order valence-electron chi connectivity index (χ1n) is 6.62. The lowest BCUT2D eigenvalue weighted by Gasteiger charge is -2.19. The van der Waals surface area contributed by atoms with E-state index in [0.717, 1.165) is 0 Å². The Morgan fingerprint density at radius 1 is 1.11 bits per heavy atom. The molecule has 0 aliphatic rings. The summed E-state index contributed by atoms with van der Waals surface area (Å²) in [5, 5.41) is 6.10. The van der Waals surface area contributed by atoms with Crippen LogP contribution >= 0.6 is 15.9 Å². The Balaban J connectivity index is 2.46. The Bertz CT molecular complexity index is 521. The minimum absolute atomic E-state index is 0.447. The smallest absolute Gasteiger partial charge is 0.0323 e. The largest absolute Gasteiger partial charge is 0.313 e. The number of halogens is 1. The predicted molar refractivity (Wildman–Crippen MR) is 83.0 cm³/mol. The van der Waals surface area contributed by atoms with E-state index in [1.165, 1.54) is 40.1 Å². The average molecular weight is 306 g/mol. The molecule has 1 unspecified atom stereocenters. The van der Waals surface area contributed by atoms with Gasteiger partial charge >= 0.3 is 0 Å². The molecule has 0 saturated heterocycles. The molecule has 1 atom stereocenters. The first-order valence-corrected chi connectivity index (χ1v) is 7.41. The van der Waals surface area contributed by atoms with Crippen LogP contribution in [0.2, 0.25) is 0 Å². The Labute approximate surface area is 118 Å². The Morgan fingerprint density at radius 3 is 2.50 bits per heavy atom. The van der Waals surface area contributed by atoms with Crippen LogP contribution in [0.15, 0.2) is 40.9 Å². The fourth-order valence-corrected chi connectivity index (χ4v) is 2.93. The molecule has 0 bridgehead atoms. The van der Waals surface area contributed by atoms with Gasteiger partial charge in [0.15, 0.2) is 0 Å². The molecule has 0 spiro atoms. The number of rotatable bonds is 5. The molecule has 0 fully saturated rings. The molecule has 2 heteroatoms. The summed E-state index contributed by atoms with van der Waals surface area (Å²) in [5.74, 6) is 0. The van der Waals surface area contributed by atoms with Gasteiger partial charge in [0.05, 0.1) is 0 Å². The second kappa shape index (κ2) is 6.35. The first kappa shape index (κ1) is 13.6. The van der Waals surface area contributed by atoms with Crippen molar-refractivity contribution in [3.05, 3.63) is 46.4 Å². The maximum atomic E-state index is 3.63. The van der Waals surface area contributed by atoms with Crippen molar-refractivity contribution < 1.29 is 0 Å². The van der Waals surface area contributed by atoms with E-state index in [1.54, 1.807) is 0 Å². The van der Waals surface area contributed by atoms with E-state index in [-0.39, 0.29) is 0 Å². The Kier molecular flexibility index (Phi) is 4.79. The monoisotopic (exact) mass is 305 g/mol. The van der Waals surface area contributed by atoms with Gasteiger partial charge in [-0.15, -0.1) is 0 Å². The maximum Gasteiger partial charge on any atom is 0.0323 e. The molecular weight excluding hydrogens is 286 g/mol. The summed E-state index contributed by atoms with van der Waals surface area (Å²) in [6.07, 6.45) is 3.70. The number of fused-ring (bicyclic) bond motifs is 1. The van der Waals surface area contributed by atoms with Gasteiger partial charge in [-0.25, -0.2) is 0 Å². The normalized spacial score (nSPS) is 12.8. The molecule has 0 saturated carbocycles. The van der Waals surface area contributed by atoms with E-state index in [1.807, 2.05) is 0 Å². The van der Waals surface area contributed by atoms with Gasteiger partial charge in [-0.1, -0.05) is 66.0 Å². The number of nitrogens with one attached hydrogen (secondary N) is 1. The summed E-state index contributed by atoms with van der Waals surface area (Å²) in [5.41, 5.74) is 1.41. The standard InChI is InChI=1S/C16H20BrN/c1-3-4-9-16(18-2)14-10-11-15(17)13-8-6-5-7-12(13)14/h5-8,10-11,16,18H,3-4,9H2,1-2H3.